The quantitative estimate of drug-likeness (QED) is 0.375. The lowest BCUT2D eigenvalue weighted by molar-refractivity contribution is 0.549. The number of aryl methyl sites for hydroxylation is 1. The van der Waals surface area contributed by atoms with Crippen molar-refractivity contribution in [2.75, 3.05) is 0 Å². The van der Waals surface area contributed by atoms with Gasteiger partial charge in [0, 0.05) is 11.1 Å². The first-order valence-corrected chi connectivity index (χ1v) is 12.9. The molecule has 0 aliphatic heterocycles. The van der Waals surface area contributed by atoms with E-state index in [4.69, 9.17) is 11.6 Å². The molecular weight excluding hydrogens is 464 g/mol. The third-order valence-electron chi connectivity index (χ3n) is 5.51. The van der Waals surface area contributed by atoms with Gasteiger partial charge in [0.2, 0.25) is 10.0 Å². The zero-order chi connectivity index (χ0) is 22.9. The van der Waals surface area contributed by atoms with E-state index in [1.807, 2.05) is 56.3 Å². The summed E-state index contributed by atoms with van der Waals surface area (Å²) >= 11 is 7.28. The lowest BCUT2D eigenvalue weighted by atomic mass is 10.0. The molecule has 1 N–H and O–H groups in total. The Morgan fingerprint density at radius 2 is 1.78 bits per heavy atom. The van der Waals surface area contributed by atoms with Crippen LogP contribution in [0.5, 0.6) is 0 Å². The summed E-state index contributed by atoms with van der Waals surface area (Å²) < 4.78 is 31.4. The number of aromatic nitrogens is 1. The van der Waals surface area contributed by atoms with Crippen LogP contribution in [0.15, 0.2) is 76.4 Å². The van der Waals surface area contributed by atoms with Gasteiger partial charge in [0.05, 0.1) is 21.7 Å². The maximum atomic E-state index is 13.1. The first-order valence-electron chi connectivity index (χ1n) is 10.2. The first kappa shape index (κ1) is 22.7. The van der Waals surface area contributed by atoms with Crippen molar-refractivity contribution in [3.8, 4) is 0 Å². The van der Waals surface area contributed by atoms with Gasteiger partial charge in [0.25, 0.3) is 0 Å². The van der Waals surface area contributed by atoms with E-state index >= 15 is 0 Å². The van der Waals surface area contributed by atoms with Crippen LogP contribution >= 0.6 is 22.9 Å². The van der Waals surface area contributed by atoms with E-state index in [0.717, 1.165) is 28.0 Å². The maximum absolute atomic E-state index is 13.1. The zero-order valence-corrected chi connectivity index (χ0v) is 20.1. The summed E-state index contributed by atoms with van der Waals surface area (Å²) in [4.78, 5) is 12.6. The Morgan fingerprint density at radius 3 is 2.50 bits per heavy atom. The number of nitrogens with one attached hydrogen (secondary N) is 1. The Hall–Kier alpha value is -2.45. The Kier molecular flexibility index (Phi) is 6.53. The van der Waals surface area contributed by atoms with E-state index in [1.54, 1.807) is 28.8 Å². The molecule has 0 saturated carbocycles. The monoisotopic (exact) mass is 486 g/mol. The molecule has 1 atom stereocenters. The highest BCUT2D eigenvalue weighted by Crippen LogP contribution is 2.27. The number of hydrogen-bond donors (Lipinski definition) is 1. The fourth-order valence-corrected chi connectivity index (χ4v) is 6.28. The minimum absolute atomic E-state index is 0.142. The van der Waals surface area contributed by atoms with Gasteiger partial charge in [0.1, 0.15) is 0 Å². The Labute approximate surface area is 196 Å². The summed E-state index contributed by atoms with van der Waals surface area (Å²) in [5, 5.41) is 0.587. The van der Waals surface area contributed by atoms with E-state index in [9.17, 15) is 13.2 Å². The number of rotatable bonds is 7. The first-order chi connectivity index (χ1) is 15.3. The Bertz CT molecular complexity index is 1440. The number of benzene rings is 3. The second-order valence-corrected chi connectivity index (χ2v) is 10.7. The summed E-state index contributed by atoms with van der Waals surface area (Å²) in [5.74, 6) is 0. The minimum atomic E-state index is -3.77. The Balaban J connectivity index is 1.67. The minimum Gasteiger partial charge on any atom is -0.294 e. The number of sulfonamides is 1. The van der Waals surface area contributed by atoms with Gasteiger partial charge in [-0.15, -0.1) is 0 Å². The topological polar surface area (TPSA) is 68.2 Å². The molecule has 0 saturated heterocycles. The van der Waals surface area contributed by atoms with E-state index in [1.165, 1.54) is 0 Å². The van der Waals surface area contributed by atoms with Crippen LogP contribution in [-0.4, -0.2) is 13.0 Å². The van der Waals surface area contributed by atoms with E-state index in [2.05, 4.69) is 4.72 Å². The molecule has 8 heteroatoms. The van der Waals surface area contributed by atoms with Crippen molar-refractivity contribution in [1.29, 1.82) is 0 Å². The predicted octanol–water partition coefficient (Wildman–Crippen LogP) is 5.50. The highest BCUT2D eigenvalue weighted by atomic mass is 35.5. The van der Waals surface area contributed by atoms with Crippen molar-refractivity contribution >= 4 is 43.2 Å². The average molecular weight is 487 g/mol. The number of nitrogens with zero attached hydrogens (tertiary/aromatic N) is 1. The molecule has 0 aliphatic carbocycles. The molecule has 0 aliphatic rings. The van der Waals surface area contributed by atoms with E-state index in [0.29, 0.717) is 28.2 Å². The highest BCUT2D eigenvalue weighted by molar-refractivity contribution is 7.89. The van der Waals surface area contributed by atoms with Crippen LogP contribution in [0, 0.1) is 6.92 Å². The molecule has 0 radical (unpaired) electrons. The van der Waals surface area contributed by atoms with Gasteiger partial charge in [-0.1, -0.05) is 72.3 Å². The van der Waals surface area contributed by atoms with Gasteiger partial charge < -0.3 is 0 Å². The molecule has 5 nitrogen and oxygen atoms in total. The smallest absolute Gasteiger partial charge is 0.294 e. The number of fused-ring (bicyclic) bond motifs is 1. The van der Waals surface area contributed by atoms with Crippen LogP contribution in [0.25, 0.3) is 10.2 Å². The fourth-order valence-electron chi connectivity index (χ4n) is 3.76. The predicted molar refractivity (Wildman–Crippen MR) is 131 cm³/mol. The third kappa shape index (κ3) is 4.52. The lowest BCUT2D eigenvalue weighted by Gasteiger charge is -2.19. The molecule has 4 rings (SSSR count). The van der Waals surface area contributed by atoms with Crippen LogP contribution in [0.2, 0.25) is 5.02 Å². The summed E-state index contributed by atoms with van der Waals surface area (Å²) in [6.45, 7) is 4.25. The van der Waals surface area contributed by atoms with E-state index in [-0.39, 0.29) is 15.8 Å². The maximum Gasteiger partial charge on any atom is 0.308 e. The molecular formula is C24H23ClN2O3S2. The van der Waals surface area contributed by atoms with Crippen LogP contribution < -0.4 is 9.60 Å². The van der Waals surface area contributed by atoms with Crippen molar-refractivity contribution in [1.82, 2.24) is 9.29 Å². The highest BCUT2D eigenvalue weighted by Gasteiger charge is 2.22. The van der Waals surface area contributed by atoms with Gasteiger partial charge in [-0.3, -0.25) is 9.36 Å². The largest absolute Gasteiger partial charge is 0.308 e. The SMILES string of the molecule is CC[C@H](NS(=O)(=O)c1ccc2c(c1)sc(=O)n2Cc1ccccc1Cl)c1ccccc1C. The second-order valence-electron chi connectivity index (χ2n) is 7.61. The number of hydrogen-bond acceptors (Lipinski definition) is 4. The summed E-state index contributed by atoms with van der Waals surface area (Å²) in [5.41, 5.74) is 3.51. The standard InChI is InChI=1S/C24H23ClN2O3S2/c1-3-21(19-10-6-4-8-16(19)2)26-32(29,30)18-12-13-22-23(14-18)31-24(28)27(22)15-17-9-5-7-11-20(17)25/h4-14,21,26H,3,15H2,1-2H3/t21-/m0/s1. The van der Waals surface area contributed by atoms with Crippen LogP contribution in [0.1, 0.15) is 36.1 Å². The molecule has 1 heterocycles. The third-order valence-corrected chi connectivity index (χ3v) is 8.29. The van der Waals surface area contributed by atoms with Crippen molar-refractivity contribution in [2.24, 2.45) is 0 Å². The summed E-state index contributed by atoms with van der Waals surface area (Å²) in [6.07, 6.45) is 0.619. The zero-order valence-electron chi connectivity index (χ0n) is 17.7. The lowest BCUT2D eigenvalue weighted by Crippen LogP contribution is -2.28. The molecule has 0 amide bonds. The summed E-state index contributed by atoms with van der Waals surface area (Å²) in [7, 11) is -3.77. The van der Waals surface area contributed by atoms with Gasteiger partial charge in [-0.2, -0.15) is 0 Å². The van der Waals surface area contributed by atoms with Crippen LogP contribution in [0.3, 0.4) is 0 Å². The molecule has 3 aromatic carbocycles. The van der Waals surface area contributed by atoms with Gasteiger partial charge in [0.15, 0.2) is 0 Å². The molecule has 166 valence electrons. The summed E-state index contributed by atoms with van der Waals surface area (Å²) in [6, 6.07) is 19.6. The molecule has 4 aromatic rings. The van der Waals surface area contributed by atoms with Crippen LogP contribution in [-0.2, 0) is 16.6 Å². The molecule has 0 fully saturated rings. The fraction of sp³-hybridized carbons (Fsp3) is 0.208. The van der Waals surface area contributed by atoms with Gasteiger partial charge in [-0.25, -0.2) is 13.1 Å². The van der Waals surface area contributed by atoms with Gasteiger partial charge in [-0.05, 0) is 54.3 Å². The molecule has 0 spiro atoms. The molecule has 1 aromatic heterocycles. The van der Waals surface area contributed by atoms with Crippen molar-refractivity contribution in [3.05, 3.63) is 98.1 Å². The molecule has 0 unspecified atom stereocenters. The molecule has 32 heavy (non-hydrogen) atoms. The van der Waals surface area contributed by atoms with Gasteiger partial charge >= 0.3 is 4.87 Å². The molecule has 0 bridgehead atoms. The number of thiazole rings is 1. The van der Waals surface area contributed by atoms with Crippen molar-refractivity contribution in [2.45, 2.75) is 37.8 Å². The van der Waals surface area contributed by atoms with Crippen LogP contribution in [0.4, 0.5) is 0 Å². The number of halogens is 1. The second kappa shape index (κ2) is 9.19. The van der Waals surface area contributed by atoms with E-state index < -0.39 is 10.0 Å². The van der Waals surface area contributed by atoms with Crippen molar-refractivity contribution < 1.29 is 8.42 Å². The van der Waals surface area contributed by atoms with Crippen molar-refractivity contribution in [3.63, 3.8) is 0 Å². The average Bonchev–Trinajstić information content (AvgIpc) is 3.08. The Morgan fingerprint density at radius 1 is 1.06 bits per heavy atom. The normalized spacial score (nSPS) is 12.8.